The Bertz CT molecular complexity index is 1030. The first kappa shape index (κ1) is 21.8. The zero-order valence-corrected chi connectivity index (χ0v) is 18.2. The molecular formula is C24H28FN5O2. The van der Waals surface area contributed by atoms with Crippen molar-refractivity contribution in [3.8, 4) is 17.0 Å². The Morgan fingerprint density at radius 1 is 1.12 bits per heavy atom. The number of nitrogens with one attached hydrogen (secondary N) is 2. The van der Waals surface area contributed by atoms with Crippen LogP contribution in [0.25, 0.3) is 11.3 Å². The highest BCUT2D eigenvalue weighted by molar-refractivity contribution is 5.93. The number of nitrogens with zero attached hydrogens (tertiary/aromatic N) is 3. The van der Waals surface area contributed by atoms with Crippen LogP contribution < -0.4 is 15.0 Å². The number of H-pyrrole nitrogens is 1. The highest BCUT2D eigenvalue weighted by Gasteiger charge is 2.19. The summed E-state index contributed by atoms with van der Waals surface area (Å²) < 4.78 is 19.4. The van der Waals surface area contributed by atoms with Crippen LogP contribution in [0.2, 0.25) is 0 Å². The maximum atomic E-state index is 14.0. The number of amides is 1. The van der Waals surface area contributed by atoms with Crippen molar-refractivity contribution in [2.75, 3.05) is 50.8 Å². The van der Waals surface area contributed by atoms with Gasteiger partial charge in [0.05, 0.1) is 18.0 Å². The predicted octanol–water partition coefficient (Wildman–Crippen LogP) is 3.17. The molecule has 168 valence electrons. The Labute approximate surface area is 187 Å². The number of carbonyl (C=O) groups excluding carboxylic acids is 1. The van der Waals surface area contributed by atoms with E-state index in [1.165, 1.54) is 6.07 Å². The van der Waals surface area contributed by atoms with Crippen LogP contribution in [0.5, 0.6) is 5.75 Å². The number of hydrogen-bond donors (Lipinski definition) is 2. The lowest BCUT2D eigenvalue weighted by molar-refractivity contribution is 0.0942. The monoisotopic (exact) mass is 437 g/mol. The molecule has 4 rings (SSSR count). The van der Waals surface area contributed by atoms with Gasteiger partial charge in [-0.1, -0.05) is 12.1 Å². The van der Waals surface area contributed by atoms with Crippen molar-refractivity contribution < 1.29 is 13.9 Å². The number of para-hydroxylation sites is 1. The van der Waals surface area contributed by atoms with Gasteiger partial charge in [0.15, 0.2) is 0 Å². The molecule has 1 aliphatic rings. The topological polar surface area (TPSA) is 73.5 Å². The van der Waals surface area contributed by atoms with Gasteiger partial charge in [-0.15, -0.1) is 0 Å². The standard InChI is InChI=1S/C24H28FN5O2/c1-2-32-19-9-7-18(8-10-19)21-17-22(28-27-21)24(31)26-11-12-29-13-15-30(16-14-29)23-6-4-3-5-20(23)25/h3-10,17H,2,11-16H2,1H3,(H,26,31)(H,27,28). The van der Waals surface area contributed by atoms with Gasteiger partial charge in [0.25, 0.3) is 5.91 Å². The van der Waals surface area contributed by atoms with Crippen LogP contribution in [0.4, 0.5) is 10.1 Å². The molecule has 1 fully saturated rings. The van der Waals surface area contributed by atoms with Crippen LogP contribution >= 0.6 is 0 Å². The molecule has 2 aromatic carbocycles. The third kappa shape index (κ3) is 5.26. The quantitative estimate of drug-likeness (QED) is 0.566. The van der Waals surface area contributed by atoms with Crippen molar-refractivity contribution in [1.29, 1.82) is 0 Å². The molecule has 0 unspecified atom stereocenters. The van der Waals surface area contributed by atoms with Crippen LogP contribution in [-0.2, 0) is 0 Å². The van der Waals surface area contributed by atoms with Crippen molar-refractivity contribution in [3.63, 3.8) is 0 Å². The van der Waals surface area contributed by atoms with Crippen molar-refractivity contribution in [2.45, 2.75) is 6.92 Å². The average molecular weight is 438 g/mol. The van der Waals surface area contributed by atoms with E-state index in [1.54, 1.807) is 12.1 Å². The molecular weight excluding hydrogens is 409 g/mol. The molecule has 1 aromatic heterocycles. The second-order valence-corrected chi connectivity index (χ2v) is 7.66. The first-order valence-corrected chi connectivity index (χ1v) is 10.9. The van der Waals surface area contributed by atoms with Gasteiger partial charge in [-0.05, 0) is 49.4 Å². The molecule has 1 saturated heterocycles. The number of anilines is 1. The van der Waals surface area contributed by atoms with Crippen molar-refractivity contribution in [1.82, 2.24) is 20.4 Å². The molecule has 1 aliphatic heterocycles. The highest BCUT2D eigenvalue weighted by atomic mass is 19.1. The summed E-state index contributed by atoms with van der Waals surface area (Å²) in [4.78, 5) is 16.8. The van der Waals surface area contributed by atoms with Gasteiger partial charge in [-0.3, -0.25) is 14.8 Å². The number of ether oxygens (including phenoxy) is 1. The summed E-state index contributed by atoms with van der Waals surface area (Å²) in [6, 6.07) is 16.2. The minimum Gasteiger partial charge on any atom is -0.494 e. The summed E-state index contributed by atoms with van der Waals surface area (Å²) in [6.07, 6.45) is 0. The van der Waals surface area contributed by atoms with E-state index in [-0.39, 0.29) is 11.7 Å². The molecule has 32 heavy (non-hydrogen) atoms. The molecule has 0 aliphatic carbocycles. The largest absolute Gasteiger partial charge is 0.494 e. The van der Waals surface area contributed by atoms with Crippen molar-refractivity contribution in [3.05, 3.63) is 66.1 Å². The zero-order valence-electron chi connectivity index (χ0n) is 18.2. The SMILES string of the molecule is CCOc1ccc(-c2cc(C(=O)NCCN3CCN(c4ccccc4F)CC3)[nH]n2)cc1. The van der Waals surface area contributed by atoms with E-state index >= 15 is 0 Å². The second kappa shape index (κ2) is 10.3. The molecule has 0 radical (unpaired) electrons. The Balaban J connectivity index is 1.22. The van der Waals surface area contributed by atoms with Crippen LogP contribution in [0.3, 0.4) is 0 Å². The molecule has 1 amide bonds. The summed E-state index contributed by atoms with van der Waals surface area (Å²) in [7, 11) is 0. The number of carbonyl (C=O) groups is 1. The fourth-order valence-corrected chi connectivity index (χ4v) is 3.82. The van der Waals surface area contributed by atoms with E-state index in [0.717, 1.165) is 44.0 Å². The van der Waals surface area contributed by atoms with Crippen LogP contribution in [0.15, 0.2) is 54.6 Å². The summed E-state index contributed by atoms with van der Waals surface area (Å²) in [5.41, 5.74) is 2.71. The second-order valence-electron chi connectivity index (χ2n) is 7.66. The Kier molecular flexibility index (Phi) is 7.01. The molecule has 2 N–H and O–H groups in total. The van der Waals surface area contributed by atoms with E-state index in [0.29, 0.717) is 30.2 Å². The highest BCUT2D eigenvalue weighted by Crippen LogP contribution is 2.22. The minimum atomic E-state index is -0.183. The fourth-order valence-electron chi connectivity index (χ4n) is 3.82. The summed E-state index contributed by atoms with van der Waals surface area (Å²) in [6.45, 7) is 7.03. The first-order valence-electron chi connectivity index (χ1n) is 10.9. The molecule has 0 spiro atoms. The summed E-state index contributed by atoms with van der Waals surface area (Å²) in [5.74, 6) is 0.441. The molecule has 0 saturated carbocycles. The molecule has 0 atom stereocenters. The fraction of sp³-hybridized carbons (Fsp3) is 0.333. The number of piperazine rings is 1. The predicted molar refractivity (Wildman–Crippen MR) is 123 cm³/mol. The summed E-state index contributed by atoms with van der Waals surface area (Å²) >= 11 is 0. The minimum absolute atomic E-state index is 0.181. The van der Waals surface area contributed by atoms with E-state index in [1.807, 2.05) is 43.3 Å². The van der Waals surface area contributed by atoms with Crippen LogP contribution in [-0.4, -0.2) is 66.9 Å². The summed E-state index contributed by atoms with van der Waals surface area (Å²) in [5, 5.41) is 10.0. The number of hydrogen-bond acceptors (Lipinski definition) is 5. The molecule has 7 nitrogen and oxygen atoms in total. The van der Waals surface area contributed by atoms with E-state index in [2.05, 4.69) is 25.3 Å². The maximum Gasteiger partial charge on any atom is 0.269 e. The number of rotatable bonds is 8. The molecule has 3 aromatic rings. The Morgan fingerprint density at radius 2 is 1.88 bits per heavy atom. The number of aromatic amines is 1. The van der Waals surface area contributed by atoms with Gasteiger partial charge < -0.3 is 15.0 Å². The van der Waals surface area contributed by atoms with Gasteiger partial charge in [-0.2, -0.15) is 5.10 Å². The molecule has 8 heteroatoms. The third-order valence-corrected chi connectivity index (χ3v) is 5.56. The zero-order chi connectivity index (χ0) is 22.3. The van der Waals surface area contributed by atoms with Gasteiger partial charge in [0, 0.05) is 44.8 Å². The molecule has 2 heterocycles. The maximum absolute atomic E-state index is 14.0. The Morgan fingerprint density at radius 3 is 2.59 bits per heavy atom. The lowest BCUT2D eigenvalue weighted by Gasteiger charge is -2.36. The van der Waals surface area contributed by atoms with Crippen molar-refractivity contribution >= 4 is 11.6 Å². The van der Waals surface area contributed by atoms with Crippen molar-refractivity contribution in [2.24, 2.45) is 0 Å². The lowest BCUT2D eigenvalue weighted by Crippen LogP contribution is -2.48. The van der Waals surface area contributed by atoms with Crippen LogP contribution in [0.1, 0.15) is 17.4 Å². The molecule has 0 bridgehead atoms. The van der Waals surface area contributed by atoms with E-state index < -0.39 is 0 Å². The lowest BCUT2D eigenvalue weighted by atomic mass is 10.1. The normalized spacial score (nSPS) is 14.4. The Hall–Kier alpha value is -3.39. The van der Waals surface area contributed by atoms with Gasteiger partial charge >= 0.3 is 0 Å². The van der Waals surface area contributed by atoms with Gasteiger partial charge in [-0.25, -0.2) is 4.39 Å². The van der Waals surface area contributed by atoms with Crippen LogP contribution in [0, 0.1) is 5.82 Å². The van der Waals surface area contributed by atoms with Gasteiger partial charge in [0.2, 0.25) is 0 Å². The third-order valence-electron chi connectivity index (χ3n) is 5.56. The smallest absolute Gasteiger partial charge is 0.269 e. The number of aromatic nitrogens is 2. The number of benzene rings is 2. The average Bonchev–Trinajstić information content (AvgIpc) is 3.31. The van der Waals surface area contributed by atoms with E-state index in [4.69, 9.17) is 4.74 Å². The first-order chi connectivity index (χ1) is 15.6. The number of halogens is 1. The van der Waals surface area contributed by atoms with Gasteiger partial charge in [0.1, 0.15) is 17.3 Å². The van der Waals surface area contributed by atoms with E-state index in [9.17, 15) is 9.18 Å².